The van der Waals surface area contributed by atoms with Crippen molar-refractivity contribution in [1.29, 1.82) is 0 Å². The number of amides is 2. The molecule has 208 valence electrons. The molecule has 0 bridgehead atoms. The highest BCUT2D eigenvalue weighted by atomic mass is 16.7. The van der Waals surface area contributed by atoms with E-state index in [1.54, 1.807) is 47.3 Å². The minimum absolute atomic E-state index is 0.133. The Labute approximate surface area is 233 Å². The van der Waals surface area contributed by atoms with Gasteiger partial charge in [0.15, 0.2) is 11.5 Å². The van der Waals surface area contributed by atoms with Crippen molar-refractivity contribution in [3.05, 3.63) is 83.0 Å². The minimum atomic E-state index is -0.457. The quantitative estimate of drug-likeness (QED) is 0.481. The minimum Gasteiger partial charge on any atom is -0.472 e. The molecule has 0 aliphatic carbocycles. The van der Waals surface area contributed by atoms with E-state index in [4.69, 9.17) is 14.2 Å². The van der Waals surface area contributed by atoms with Crippen molar-refractivity contribution in [3.63, 3.8) is 0 Å². The summed E-state index contributed by atoms with van der Waals surface area (Å²) >= 11 is 0. The molecule has 1 N–H and O–H groups in total. The first-order valence-electron chi connectivity index (χ1n) is 13.3. The van der Waals surface area contributed by atoms with Crippen molar-refractivity contribution >= 4 is 24.0 Å². The van der Waals surface area contributed by atoms with E-state index in [9.17, 15) is 14.7 Å². The van der Waals surface area contributed by atoms with Crippen molar-refractivity contribution in [1.82, 2.24) is 14.8 Å². The molecule has 3 aromatic rings. The zero-order valence-corrected chi connectivity index (χ0v) is 22.8. The molecule has 2 aromatic carbocycles. The van der Waals surface area contributed by atoms with Gasteiger partial charge in [-0.05, 0) is 42.3 Å². The maximum absolute atomic E-state index is 13.7. The molecule has 40 heavy (non-hydrogen) atoms. The second-order valence-corrected chi connectivity index (χ2v) is 10.2. The highest BCUT2D eigenvalue weighted by Gasteiger charge is 2.35. The van der Waals surface area contributed by atoms with Crippen molar-refractivity contribution in [3.8, 4) is 17.4 Å². The van der Waals surface area contributed by atoms with Crippen LogP contribution in [-0.2, 0) is 0 Å². The predicted molar refractivity (Wildman–Crippen MR) is 150 cm³/mol. The van der Waals surface area contributed by atoms with Gasteiger partial charge in [0.25, 0.3) is 11.8 Å². The van der Waals surface area contributed by atoms with Crippen LogP contribution in [0.25, 0.3) is 12.2 Å². The first-order chi connectivity index (χ1) is 19.3. The number of aliphatic hydroxyl groups excluding tert-OH is 1. The fraction of sp³-hybridized carbons (Fsp3) is 0.323. The summed E-state index contributed by atoms with van der Waals surface area (Å²) < 4.78 is 17.1. The van der Waals surface area contributed by atoms with Crippen LogP contribution >= 0.6 is 0 Å². The maximum Gasteiger partial charge on any atom is 0.259 e. The Bertz CT molecular complexity index is 1410. The molecule has 0 spiro atoms. The lowest BCUT2D eigenvalue weighted by Crippen LogP contribution is -2.50. The van der Waals surface area contributed by atoms with Crippen molar-refractivity contribution in [2.45, 2.75) is 26.0 Å². The zero-order valence-electron chi connectivity index (χ0n) is 22.8. The molecule has 5 rings (SSSR count). The number of pyridine rings is 1. The van der Waals surface area contributed by atoms with Crippen molar-refractivity contribution < 1.29 is 28.9 Å². The van der Waals surface area contributed by atoms with Gasteiger partial charge in [0, 0.05) is 31.3 Å². The lowest BCUT2D eigenvalue weighted by atomic mass is 9.99. The van der Waals surface area contributed by atoms with Crippen LogP contribution in [0.4, 0.5) is 0 Å². The van der Waals surface area contributed by atoms with Crippen molar-refractivity contribution in [2.24, 2.45) is 5.92 Å². The number of benzene rings is 2. The van der Waals surface area contributed by atoms with E-state index in [1.165, 1.54) is 0 Å². The molecule has 9 nitrogen and oxygen atoms in total. The van der Waals surface area contributed by atoms with E-state index in [1.807, 2.05) is 56.3 Å². The van der Waals surface area contributed by atoms with Crippen molar-refractivity contribution in [2.75, 3.05) is 33.5 Å². The molecule has 0 saturated heterocycles. The molecule has 3 heterocycles. The van der Waals surface area contributed by atoms with Gasteiger partial charge in [-0.2, -0.15) is 0 Å². The SMILES string of the molecule is C[C@@H]1CN([C@H](C)CO)C(=O)c2cc(C=Cc3ccccc3)cnc2O[C@@H]1CN(C)C(=O)c1ccc2c(c1)OCO2. The monoisotopic (exact) mass is 543 g/mol. The van der Waals surface area contributed by atoms with Crippen LogP contribution < -0.4 is 14.2 Å². The molecule has 0 unspecified atom stereocenters. The number of fused-ring (bicyclic) bond motifs is 2. The van der Waals surface area contributed by atoms with E-state index in [-0.39, 0.29) is 43.6 Å². The molecule has 2 amide bonds. The van der Waals surface area contributed by atoms with Gasteiger partial charge in [-0.3, -0.25) is 9.59 Å². The number of hydrogen-bond donors (Lipinski definition) is 1. The predicted octanol–water partition coefficient (Wildman–Crippen LogP) is 3.97. The lowest BCUT2D eigenvalue weighted by Gasteiger charge is -2.37. The Hall–Kier alpha value is -4.37. The second-order valence-electron chi connectivity index (χ2n) is 10.2. The number of likely N-dealkylation sites (N-methyl/N-ethyl adjacent to an activating group) is 1. The normalized spacial score (nSPS) is 19.0. The fourth-order valence-electron chi connectivity index (χ4n) is 4.79. The van der Waals surface area contributed by atoms with E-state index >= 15 is 0 Å². The number of carbonyl (C=O) groups is 2. The van der Waals surface area contributed by atoms with Gasteiger partial charge >= 0.3 is 0 Å². The van der Waals surface area contributed by atoms with E-state index in [2.05, 4.69) is 4.98 Å². The molecule has 0 saturated carbocycles. The molecule has 0 fully saturated rings. The molecule has 1 aromatic heterocycles. The lowest BCUT2D eigenvalue weighted by molar-refractivity contribution is 0.0313. The summed E-state index contributed by atoms with van der Waals surface area (Å²) in [4.78, 5) is 34.7. The number of hydrogen-bond acceptors (Lipinski definition) is 7. The third-order valence-electron chi connectivity index (χ3n) is 7.23. The summed E-state index contributed by atoms with van der Waals surface area (Å²) in [6.45, 7) is 4.35. The second kappa shape index (κ2) is 11.8. The number of aliphatic hydroxyl groups is 1. The Balaban J connectivity index is 1.41. The van der Waals surface area contributed by atoms with Crippen LogP contribution in [0.2, 0.25) is 0 Å². The maximum atomic E-state index is 13.7. The summed E-state index contributed by atoms with van der Waals surface area (Å²) in [5.41, 5.74) is 2.56. The van der Waals surface area contributed by atoms with Gasteiger partial charge in [0.2, 0.25) is 12.7 Å². The third-order valence-corrected chi connectivity index (χ3v) is 7.23. The van der Waals surface area contributed by atoms with Crippen LogP contribution in [0.5, 0.6) is 17.4 Å². The highest BCUT2D eigenvalue weighted by Crippen LogP contribution is 2.33. The van der Waals surface area contributed by atoms with Crippen LogP contribution in [-0.4, -0.2) is 77.4 Å². The average Bonchev–Trinajstić information content (AvgIpc) is 3.45. The van der Waals surface area contributed by atoms with Crippen LogP contribution in [0, 0.1) is 5.92 Å². The average molecular weight is 544 g/mol. The fourth-order valence-corrected chi connectivity index (χ4v) is 4.79. The highest BCUT2D eigenvalue weighted by molar-refractivity contribution is 5.97. The van der Waals surface area contributed by atoms with Crippen LogP contribution in [0.3, 0.4) is 0 Å². The number of ether oxygens (including phenoxy) is 3. The first kappa shape index (κ1) is 27.2. The van der Waals surface area contributed by atoms with E-state index in [0.29, 0.717) is 29.2 Å². The molecular formula is C31H33N3O6. The number of rotatable bonds is 7. The van der Waals surface area contributed by atoms with Gasteiger partial charge in [0.1, 0.15) is 11.7 Å². The standard InChI is InChI=1S/C31H33N3O6/c1-20-16-34(21(2)18-35)31(37)25-13-23(10-9-22-7-5-4-6-8-22)15-32-29(25)40-28(20)17-33(3)30(36)24-11-12-26-27(14-24)39-19-38-26/h4-15,20-21,28,35H,16-19H2,1-3H3/t20-,21-,28-/m1/s1. The molecule has 0 radical (unpaired) electrons. The summed E-state index contributed by atoms with van der Waals surface area (Å²) in [6, 6.07) is 16.3. The van der Waals surface area contributed by atoms with Gasteiger partial charge in [-0.25, -0.2) is 4.98 Å². The number of carbonyl (C=O) groups excluding carboxylic acids is 2. The number of nitrogens with zero attached hydrogens (tertiary/aromatic N) is 3. The molecule has 9 heteroatoms. The van der Waals surface area contributed by atoms with Gasteiger partial charge in [-0.15, -0.1) is 0 Å². The van der Waals surface area contributed by atoms with E-state index in [0.717, 1.165) is 11.1 Å². The smallest absolute Gasteiger partial charge is 0.259 e. The summed E-state index contributed by atoms with van der Waals surface area (Å²) in [5, 5.41) is 9.92. The van der Waals surface area contributed by atoms with E-state index < -0.39 is 12.1 Å². The molecule has 2 aliphatic heterocycles. The third kappa shape index (κ3) is 5.79. The largest absolute Gasteiger partial charge is 0.472 e. The summed E-state index contributed by atoms with van der Waals surface area (Å²) in [6.07, 6.45) is 5.05. The summed E-state index contributed by atoms with van der Waals surface area (Å²) in [5.74, 6) is 0.753. The van der Waals surface area contributed by atoms with Crippen LogP contribution in [0.15, 0.2) is 60.8 Å². The van der Waals surface area contributed by atoms with Gasteiger partial charge in [-0.1, -0.05) is 49.4 Å². The van der Waals surface area contributed by atoms with Gasteiger partial charge < -0.3 is 29.1 Å². The first-order valence-corrected chi connectivity index (χ1v) is 13.3. The Morgan fingerprint density at radius 2 is 1.88 bits per heavy atom. The molecular weight excluding hydrogens is 510 g/mol. The number of aromatic nitrogens is 1. The molecule has 3 atom stereocenters. The van der Waals surface area contributed by atoms with Gasteiger partial charge in [0.05, 0.1) is 19.2 Å². The Morgan fingerprint density at radius 3 is 2.65 bits per heavy atom. The summed E-state index contributed by atoms with van der Waals surface area (Å²) in [7, 11) is 1.72. The molecule has 2 aliphatic rings. The van der Waals surface area contributed by atoms with Crippen LogP contribution in [0.1, 0.15) is 45.7 Å². The Kier molecular flexibility index (Phi) is 8.02. The Morgan fingerprint density at radius 1 is 1.12 bits per heavy atom. The zero-order chi connectivity index (χ0) is 28.2. The topological polar surface area (TPSA) is 101 Å².